The van der Waals surface area contributed by atoms with Gasteiger partial charge in [-0.25, -0.2) is 0 Å². The maximum Gasteiger partial charge on any atom is 0.136 e. The van der Waals surface area contributed by atoms with Crippen LogP contribution in [-0.2, 0) is 4.79 Å². The summed E-state index contributed by atoms with van der Waals surface area (Å²) >= 11 is 0. The molecule has 1 fully saturated rings. The third kappa shape index (κ3) is 2.80. The average Bonchev–Trinajstić information content (AvgIpc) is 2.42. The largest absolute Gasteiger partial charge is 0.299 e. The van der Waals surface area contributed by atoms with Crippen LogP contribution in [0, 0.1) is 11.8 Å². The molecule has 0 heterocycles. The minimum Gasteiger partial charge on any atom is -0.299 e. The van der Waals surface area contributed by atoms with Gasteiger partial charge < -0.3 is 0 Å². The molecule has 1 aromatic rings. The fraction of sp³-hybridized carbons (Fsp3) is 0.500. The molecule has 20 heavy (non-hydrogen) atoms. The van der Waals surface area contributed by atoms with Crippen molar-refractivity contribution in [2.75, 3.05) is 0 Å². The van der Waals surface area contributed by atoms with Gasteiger partial charge in [-0.3, -0.25) is 4.79 Å². The Morgan fingerprint density at radius 2 is 1.85 bits per heavy atom. The minimum absolute atomic E-state index is 0.201. The van der Waals surface area contributed by atoms with Gasteiger partial charge in [0.15, 0.2) is 0 Å². The van der Waals surface area contributed by atoms with Crippen molar-refractivity contribution in [2.45, 2.75) is 45.3 Å². The maximum atomic E-state index is 12.4. The molecule has 2 rings (SSSR count). The number of rotatable bonds is 3. The first-order valence-corrected chi connectivity index (χ1v) is 10.7. The fourth-order valence-corrected chi connectivity index (χ4v) is 7.41. The maximum absolute atomic E-state index is 12.4. The van der Waals surface area contributed by atoms with Gasteiger partial charge in [0.05, 0.1) is 8.07 Å². The fourth-order valence-electron chi connectivity index (χ4n) is 3.62. The smallest absolute Gasteiger partial charge is 0.136 e. The molecule has 0 N–H and O–H groups in total. The van der Waals surface area contributed by atoms with E-state index in [1.54, 1.807) is 0 Å². The zero-order valence-electron chi connectivity index (χ0n) is 13.1. The molecule has 1 aliphatic rings. The van der Waals surface area contributed by atoms with Crippen LogP contribution in [0.4, 0.5) is 0 Å². The van der Waals surface area contributed by atoms with Crippen molar-refractivity contribution in [3.8, 4) is 0 Å². The van der Waals surface area contributed by atoms with Gasteiger partial charge in [-0.2, -0.15) is 0 Å². The molecule has 0 saturated heterocycles. The van der Waals surface area contributed by atoms with Gasteiger partial charge in [0, 0.05) is 12.3 Å². The lowest BCUT2D eigenvalue weighted by atomic mass is 9.78. The number of benzene rings is 1. The predicted octanol–water partition coefficient (Wildman–Crippen LogP) is 4.16. The topological polar surface area (TPSA) is 17.1 Å². The lowest BCUT2D eigenvalue weighted by Crippen LogP contribution is -2.51. The molecule has 0 radical (unpaired) electrons. The highest BCUT2D eigenvalue weighted by Gasteiger charge is 2.44. The minimum atomic E-state index is -1.63. The zero-order valence-corrected chi connectivity index (χ0v) is 14.1. The number of Topliss-reactive ketones (excluding diaryl/α,β-unsaturated/α-hetero) is 1. The van der Waals surface area contributed by atoms with Crippen molar-refractivity contribution in [3.05, 3.63) is 42.5 Å². The first-order valence-electron chi connectivity index (χ1n) is 7.57. The van der Waals surface area contributed by atoms with Gasteiger partial charge in [0.2, 0.25) is 0 Å². The SMILES string of the molecule is C=C(C)[C@H]1CC(=O)[C@H](C)[C@H]([Si](C)(C)c2ccccc2)C1. The third-order valence-electron chi connectivity index (χ3n) is 5.24. The molecule has 0 aliphatic heterocycles. The van der Waals surface area contributed by atoms with Gasteiger partial charge in [0.25, 0.3) is 0 Å². The van der Waals surface area contributed by atoms with Crippen LogP contribution in [0.5, 0.6) is 0 Å². The van der Waals surface area contributed by atoms with E-state index in [1.165, 1.54) is 10.8 Å². The van der Waals surface area contributed by atoms with E-state index < -0.39 is 8.07 Å². The van der Waals surface area contributed by atoms with Crippen LogP contribution in [0.3, 0.4) is 0 Å². The van der Waals surface area contributed by atoms with Crippen LogP contribution in [0.25, 0.3) is 0 Å². The molecule has 2 heteroatoms. The Labute approximate surface area is 124 Å². The molecule has 1 saturated carbocycles. The van der Waals surface area contributed by atoms with Crippen molar-refractivity contribution < 1.29 is 4.79 Å². The quantitative estimate of drug-likeness (QED) is 0.602. The summed E-state index contributed by atoms with van der Waals surface area (Å²) in [4.78, 5) is 12.4. The van der Waals surface area contributed by atoms with Crippen LogP contribution in [-0.4, -0.2) is 13.9 Å². The van der Waals surface area contributed by atoms with E-state index in [0.29, 0.717) is 23.7 Å². The molecule has 0 amide bonds. The van der Waals surface area contributed by atoms with Crippen LogP contribution < -0.4 is 5.19 Å². The Morgan fingerprint density at radius 3 is 2.40 bits per heavy atom. The molecule has 0 unspecified atom stereocenters. The number of carbonyl (C=O) groups excluding carboxylic acids is 1. The number of ketones is 1. The van der Waals surface area contributed by atoms with E-state index in [4.69, 9.17) is 0 Å². The highest BCUT2D eigenvalue weighted by atomic mass is 28.3. The summed E-state index contributed by atoms with van der Waals surface area (Å²) < 4.78 is 0. The van der Waals surface area contributed by atoms with E-state index >= 15 is 0 Å². The van der Waals surface area contributed by atoms with E-state index in [1.807, 2.05) is 0 Å². The summed E-state index contributed by atoms with van der Waals surface area (Å²) in [6.45, 7) is 13.1. The highest BCUT2D eigenvalue weighted by molar-refractivity contribution is 6.91. The van der Waals surface area contributed by atoms with Gasteiger partial charge in [0.1, 0.15) is 5.78 Å². The molecule has 1 aromatic carbocycles. The number of hydrogen-bond donors (Lipinski definition) is 0. The standard InChI is InChI=1S/C18H26OSi/c1-13(2)15-11-17(19)14(3)18(12-15)20(4,5)16-9-7-6-8-10-16/h6-10,14-15,18H,1,11-12H2,2-5H3/t14-,15-,18+/m0/s1. The first kappa shape index (κ1) is 15.2. The van der Waals surface area contributed by atoms with Crippen molar-refractivity contribution in [1.29, 1.82) is 0 Å². The summed E-state index contributed by atoms with van der Waals surface area (Å²) in [5, 5.41) is 1.46. The lowest BCUT2D eigenvalue weighted by Gasteiger charge is -2.42. The van der Waals surface area contributed by atoms with Crippen molar-refractivity contribution in [2.24, 2.45) is 11.8 Å². The Hall–Kier alpha value is -1.15. The molecule has 108 valence electrons. The summed E-state index contributed by atoms with van der Waals surface area (Å²) in [7, 11) is -1.63. The molecule has 1 nitrogen and oxygen atoms in total. The monoisotopic (exact) mass is 286 g/mol. The van der Waals surface area contributed by atoms with Crippen LogP contribution in [0.15, 0.2) is 42.5 Å². The molecular weight excluding hydrogens is 260 g/mol. The molecular formula is C18H26OSi. The lowest BCUT2D eigenvalue weighted by molar-refractivity contribution is -0.125. The molecule has 3 atom stereocenters. The van der Waals surface area contributed by atoms with E-state index in [-0.39, 0.29) is 5.92 Å². The Balaban J connectivity index is 2.33. The van der Waals surface area contributed by atoms with Gasteiger partial charge in [-0.15, -0.1) is 0 Å². The van der Waals surface area contributed by atoms with Crippen molar-refractivity contribution in [3.63, 3.8) is 0 Å². The zero-order chi connectivity index (χ0) is 14.9. The van der Waals surface area contributed by atoms with Gasteiger partial charge in [-0.1, -0.05) is 67.7 Å². The van der Waals surface area contributed by atoms with Gasteiger partial charge in [-0.05, 0) is 24.8 Å². The van der Waals surface area contributed by atoms with Crippen LogP contribution in [0.1, 0.15) is 26.7 Å². The Morgan fingerprint density at radius 1 is 1.25 bits per heavy atom. The molecule has 1 aliphatic carbocycles. The van der Waals surface area contributed by atoms with E-state index in [2.05, 4.69) is 63.9 Å². The molecule has 0 aromatic heterocycles. The van der Waals surface area contributed by atoms with Crippen molar-refractivity contribution in [1.82, 2.24) is 0 Å². The second-order valence-electron chi connectivity index (χ2n) is 6.93. The number of hydrogen-bond acceptors (Lipinski definition) is 1. The molecule has 0 bridgehead atoms. The predicted molar refractivity (Wildman–Crippen MR) is 89.0 cm³/mol. The number of carbonyl (C=O) groups is 1. The Bertz CT molecular complexity index is 503. The van der Waals surface area contributed by atoms with Gasteiger partial charge >= 0.3 is 0 Å². The second kappa shape index (κ2) is 5.69. The van der Waals surface area contributed by atoms with E-state index in [9.17, 15) is 4.79 Å². The normalized spacial score (nSPS) is 27.4. The highest BCUT2D eigenvalue weighted by Crippen LogP contribution is 2.43. The summed E-state index contributed by atoms with van der Waals surface area (Å²) in [6, 6.07) is 10.8. The average molecular weight is 286 g/mol. The van der Waals surface area contributed by atoms with E-state index in [0.717, 1.165) is 6.42 Å². The first-order chi connectivity index (χ1) is 9.34. The number of allylic oxidation sites excluding steroid dienone is 1. The van der Waals surface area contributed by atoms with Crippen LogP contribution >= 0.6 is 0 Å². The van der Waals surface area contributed by atoms with Crippen molar-refractivity contribution >= 4 is 19.0 Å². The molecule has 0 spiro atoms. The second-order valence-corrected chi connectivity index (χ2v) is 11.7. The summed E-state index contributed by atoms with van der Waals surface area (Å²) in [6.07, 6.45) is 1.84. The summed E-state index contributed by atoms with van der Waals surface area (Å²) in [5.41, 5.74) is 1.70. The Kier molecular flexibility index (Phi) is 4.33. The third-order valence-corrected chi connectivity index (χ3v) is 9.65. The summed E-state index contributed by atoms with van der Waals surface area (Å²) in [5.74, 6) is 1.03. The van der Waals surface area contributed by atoms with Crippen LogP contribution in [0.2, 0.25) is 18.6 Å².